The van der Waals surface area contributed by atoms with Crippen molar-refractivity contribution in [2.45, 2.75) is 5.41 Å². The van der Waals surface area contributed by atoms with Gasteiger partial charge in [-0.05, 0) is 89.3 Å². The summed E-state index contributed by atoms with van der Waals surface area (Å²) in [6.45, 7) is 0. The minimum Gasteiger partial charge on any atom is -0.227 e. The molecule has 2 nitrogen and oxygen atoms in total. The molecule has 1 spiro atoms. The Morgan fingerprint density at radius 3 is 1.72 bits per heavy atom. The largest absolute Gasteiger partial charge is 0.227 e. The van der Waals surface area contributed by atoms with E-state index in [-0.39, 0.29) is 0 Å². The summed E-state index contributed by atoms with van der Waals surface area (Å²) >= 11 is 1.75. The highest BCUT2D eigenvalue weighted by Gasteiger charge is 2.53. The summed E-state index contributed by atoms with van der Waals surface area (Å²) in [6, 6.07) is 71.2. The summed E-state index contributed by atoms with van der Waals surface area (Å²) in [5.41, 5.74) is 15.3. The molecular weight excluding hydrogens is 721 g/mol. The lowest BCUT2D eigenvalue weighted by molar-refractivity contribution is 0.795. The van der Waals surface area contributed by atoms with Gasteiger partial charge in [-0.15, -0.1) is 11.3 Å². The van der Waals surface area contributed by atoms with Gasteiger partial charge in [-0.1, -0.05) is 182 Å². The van der Waals surface area contributed by atoms with E-state index in [0.29, 0.717) is 0 Å². The van der Waals surface area contributed by atoms with Crippen LogP contribution < -0.4 is 0 Å². The van der Waals surface area contributed by atoms with E-state index in [1.165, 1.54) is 87.3 Å². The molecule has 0 atom stereocenters. The molecule has 9 aromatic carbocycles. The van der Waals surface area contributed by atoms with Crippen LogP contribution in [0.5, 0.6) is 0 Å². The van der Waals surface area contributed by atoms with Crippen LogP contribution in [-0.2, 0) is 5.41 Å². The zero-order valence-corrected chi connectivity index (χ0v) is 32.1. The topological polar surface area (TPSA) is 25.8 Å². The molecule has 0 amide bonds. The minimum atomic E-state index is -0.519. The fourth-order valence-corrected chi connectivity index (χ4v) is 11.5. The predicted octanol–water partition coefficient (Wildman–Crippen LogP) is 14.5. The fraction of sp³-hybridized carbons (Fsp3) is 0.0182. The van der Waals surface area contributed by atoms with Gasteiger partial charge in [0.1, 0.15) is 4.83 Å². The predicted molar refractivity (Wildman–Crippen MR) is 243 cm³/mol. The Bertz CT molecular complexity index is 3440. The van der Waals surface area contributed by atoms with Crippen molar-refractivity contribution in [2.24, 2.45) is 0 Å². The van der Waals surface area contributed by atoms with Crippen LogP contribution in [0.1, 0.15) is 22.3 Å². The van der Waals surface area contributed by atoms with Gasteiger partial charge in [0.15, 0.2) is 5.82 Å². The number of aromatic nitrogens is 2. The molecule has 0 saturated heterocycles. The molecule has 0 radical (unpaired) electrons. The van der Waals surface area contributed by atoms with E-state index in [1.54, 1.807) is 11.3 Å². The smallest absolute Gasteiger partial charge is 0.162 e. The number of benzene rings is 9. The van der Waals surface area contributed by atoms with E-state index in [1.807, 2.05) is 0 Å². The summed E-state index contributed by atoms with van der Waals surface area (Å²) < 4.78 is 1.21. The molecule has 2 heterocycles. The van der Waals surface area contributed by atoms with Gasteiger partial charge in [-0.2, -0.15) is 0 Å². The molecule has 0 N–H and O–H groups in total. The summed E-state index contributed by atoms with van der Waals surface area (Å²) in [7, 11) is 0. The van der Waals surface area contributed by atoms with Crippen molar-refractivity contribution in [1.29, 1.82) is 0 Å². The van der Waals surface area contributed by atoms with E-state index in [0.717, 1.165) is 32.9 Å². The van der Waals surface area contributed by atoms with Crippen LogP contribution in [0.4, 0.5) is 0 Å². The Kier molecular flexibility index (Phi) is 6.56. The maximum atomic E-state index is 5.63. The van der Waals surface area contributed by atoms with Crippen LogP contribution >= 0.6 is 11.3 Å². The van der Waals surface area contributed by atoms with Crippen LogP contribution in [0, 0.1) is 0 Å². The number of fused-ring (bicyclic) bond motifs is 17. The lowest BCUT2D eigenvalue weighted by Gasteiger charge is -2.30. The Labute approximate surface area is 339 Å². The maximum absolute atomic E-state index is 5.63. The van der Waals surface area contributed by atoms with Gasteiger partial charge in [-0.25, -0.2) is 9.97 Å². The molecule has 268 valence electrons. The molecule has 2 aliphatic rings. The second-order valence-electron chi connectivity index (χ2n) is 15.6. The van der Waals surface area contributed by atoms with Gasteiger partial charge in [0.25, 0.3) is 0 Å². The van der Waals surface area contributed by atoms with Crippen LogP contribution in [0.15, 0.2) is 194 Å². The molecule has 0 saturated carbocycles. The van der Waals surface area contributed by atoms with E-state index in [2.05, 4.69) is 194 Å². The highest BCUT2D eigenvalue weighted by molar-refractivity contribution is 7.25. The number of nitrogens with zero attached hydrogens (tertiary/aromatic N) is 2. The normalized spacial score (nSPS) is 13.3. The van der Waals surface area contributed by atoms with Crippen LogP contribution in [-0.4, -0.2) is 9.97 Å². The number of hydrogen-bond acceptors (Lipinski definition) is 3. The van der Waals surface area contributed by atoms with Crippen LogP contribution in [0.25, 0.3) is 97.9 Å². The molecule has 58 heavy (non-hydrogen) atoms. The Hall–Kier alpha value is -7.20. The molecule has 0 unspecified atom stereocenters. The summed E-state index contributed by atoms with van der Waals surface area (Å²) in [5.74, 6) is 0.748. The standard InChI is InChI=1S/C55H32N2S/c1-2-14-33(15-3-1)36-18-12-19-37(32-36)52-51-41-23-9-11-27-47(41)58-54(51)57-53(56-52)42-24-13-26-44-48(42)40-22-8-10-25-43(40)55(44)45-30-28-34-16-4-6-20-38(34)49(45)50-39-21-7-5-17-35(39)29-31-46(50)55/h1-32H. The minimum absolute atomic E-state index is 0.519. The maximum Gasteiger partial charge on any atom is 0.162 e. The first-order valence-electron chi connectivity index (χ1n) is 19.9. The second-order valence-corrected chi connectivity index (χ2v) is 16.6. The molecule has 13 rings (SSSR count). The zero-order valence-electron chi connectivity index (χ0n) is 31.3. The molecular formula is C55H32N2S. The van der Waals surface area contributed by atoms with Crippen molar-refractivity contribution in [3.63, 3.8) is 0 Å². The third-order valence-electron chi connectivity index (χ3n) is 12.7. The van der Waals surface area contributed by atoms with Gasteiger partial charge >= 0.3 is 0 Å². The monoisotopic (exact) mass is 752 g/mol. The van der Waals surface area contributed by atoms with Crippen molar-refractivity contribution in [3.05, 3.63) is 216 Å². The van der Waals surface area contributed by atoms with E-state index in [9.17, 15) is 0 Å². The van der Waals surface area contributed by atoms with Crippen molar-refractivity contribution >= 4 is 53.2 Å². The number of thiophene rings is 1. The van der Waals surface area contributed by atoms with Gasteiger partial charge in [-0.3, -0.25) is 0 Å². The lowest BCUT2D eigenvalue weighted by Crippen LogP contribution is -2.25. The first-order valence-corrected chi connectivity index (χ1v) is 20.7. The number of hydrogen-bond donors (Lipinski definition) is 0. The molecule has 3 heteroatoms. The fourth-order valence-electron chi connectivity index (χ4n) is 10.4. The first kappa shape index (κ1) is 31.9. The molecule has 11 aromatic rings. The second kappa shape index (κ2) is 11.9. The Balaban J connectivity index is 1.13. The van der Waals surface area contributed by atoms with E-state index in [4.69, 9.17) is 9.97 Å². The molecule has 2 aromatic heterocycles. The summed E-state index contributed by atoms with van der Waals surface area (Å²) in [4.78, 5) is 12.1. The third-order valence-corrected chi connectivity index (χ3v) is 13.8. The average molecular weight is 753 g/mol. The highest BCUT2D eigenvalue weighted by Crippen LogP contribution is 2.65. The first-order chi connectivity index (χ1) is 28.8. The average Bonchev–Trinajstić information content (AvgIpc) is 3.93. The lowest BCUT2D eigenvalue weighted by atomic mass is 9.70. The Morgan fingerprint density at radius 2 is 0.948 bits per heavy atom. The van der Waals surface area contributed by atoms with Gasteiger partial charge < -0.3 is 0 Å². The SMILES string of the molecule is c1ccc(-c2cccc(-c3nc(-c4cccc5c4-c4ccccc4C54c5ccc6ccccc6c5-c5c4ccc4ccccc54)nc4sc5ccccc5c34)c2)cc1. The molecule has 2 aliphatic carbocycles. The number of rotatable bonds is 3. The Morgan fingerprint density at radius 1 is 0.379 bits per heavy atom. The van der Waals surface area contributed by atoms with Crippen molar-refractivity contribution in [3.8, 4) is 56.0 Å². The highest BCUT2D eigenvalue weighted by atomic mass is 32.1. The van der Waals surface area contributed by atoms with Gasteiger partial charge in [0.05, 0.1) is 11.1 Å². The van der Waals surface area contributed by atoms with Crippen molar-refractivity contribution in [1.82, 2.24) is 9.97 Å². The van der Waals surface area contributed by atoms with Crippen molar-refractivity contribution in [2.75, 3.05) is 0 Å². The van der Waals surface area contributed by atoms with Gasteiger partial charge in [0, 0.05) is 26.6 Å². The van der Waals surface area contributed by atoms with Gasteiger partial charge in [0.2, 0.25) is 0 Å². The quantitative estimate of drug-likeness (QED) is 0.180. The van der Waals surface area contributed by atoms with Crippen LogP contribution in [0.2, 0.25) is 0 Å². The molecule has 0 bridgehead atoms. The zero-order chi connectivity index (χ0) is 38.0. The van der Waals surface area contributed by atoms with Crippen LogP contribution in [0.3, 0.4) is 0 Å². The third kappa shape index (κ3) is 4.21. The van der Waals surface area contributed by atoms with E-state index < -0.39 is 5.41 Å². The molecule has 0 fully saturated rings. The van der Waals surface area contributed by atoms with Crippen molar-refractivity contribution < 1.29 is 0 Å². The summed E-state index contributed by atoms with van der Waals surface area (Å²) in [6.07, 6.45) is 0. The summed E-state index contributed by atoms with van der Waals surface area (Å²) in [5, 5.41) is 7.39. The molecule has 0 aliphatic heterocycles. The van der Waals surface area contributed by atoms with E-state index >= 15 is 0 Å².